The lowest BCUT2D eigenvalue weighted by Gasteiger charge is -2.24. The van der Waals surface area contributed by atoms with E-state index in [4.69, 9.17) is 9.47 Å². The topological polar surface area (TPSA) is 69.9 Å². The summed E-state index contributed by atoms with van der Waals surface area (Å²) in [6.45, 7) is 6.23. The molecule has 42 heavy (non-hydrogen) atoms. The molecule has 7 heteroatoms. The number of thiazole rings is 1. The van der Waals surface area contributed by atoms with Crippen molar-refractivity contribution in [2.75, 3.05) is 6.61 Å². The highest BCUT2D eigenvalue weighted by molar-refractivity contribution is 7.07. The molecule has 0 spiro atoms. The molecule has 0 bridgehead atoms. The number of hydrogen-bond acceptors (Lipinski definition) is 6. The first-order valence-electron chi connectivity index (χ1n) is 13.9. The molecule has 1 unspecified atom stereocenters. The highest BCUT2D eigenvalue weighted by Gasteiger charge is 2.33. The van der Waals surface area contributed by atoms with Crippen molar-refractivity contribution in [1.82, 2.24) is 4.57 Å². The Bertz CT molecular complexity index is 2010. The third-order valence-electron chi connectivity index (χ3n) is 7.34. The fraction of sp³-hybridized carbons (Fsp3) is 0.171. The van der Waals surface area contributed by atoms with Crippen molar-refractivity contribution in [2.24, 2.45) is 4.99 Å². The van der Waals surface area contributed by atoms with Gasteiger partial charge in [-0.1, -0.05) is 95.8 Å². The molecule has 1 aliphatic heterocycles. The number of nitrogens with zero attached hydrogens (tertiary/aromatic N) is 2. The fourth-order valence-electron chi connectivity index (χ4n) is 5.28. The van der Waals surface area contributed by atoms with E-state index in [2.05, 4.69) is 29.3 Å². The first kappa shape index (κ1) is 27.4. The molecule has 0 saturated heterocycles. The number of carbonyl (C=O) groups excluding carboxylic acids is 1. The number of ether oxygens (including phenoxy) is 2. The molecule has 0 N–H and O–H groups in total. The lowest BCUT2D eigenvalue weighted by molar-refractivity contribution is -0.139. The van der Waals surface area contributed by atoms with E-state index in [0.717, 1.165) is 27.6 Å². The molecule has 2 heterocycles. The molecule has 0 radical (unpaired) electrons. The number of aryl methyl sites for hydroxylation is 1. The van der Waals surface area contributed by atoms with Crippen molar-refractivity contribution >= 4 is 34.2 Å². The minimum absolute atomic E-state index is 0.208. The van der Waals surface area contributed by atoms with Crippen LogP contribution in [0.4, 0.5) is 0 Å². The van der Waals surface area contributed by atoms with Gasteiger partial charge in [0.2, 0.25) is 0 Å². The van der Waals surface area contributed by atoms with Crippen LogP contribution in [0.25, 0.3) is 16.8 Å². The zero-order chi connectivity index (χ0) is 29.2. The van der Waals surface area contributed by atoms with Crippen LogP contribution in [-0.2, 0) is 16.1 Å². The summed E-state index contributed by atoms with van der Waals surface area (Å²) in [5.74, 6) is 0.247. The zero-order valence-electron chi connectivity index (χ0n) is 23.7. The molecule has 0 amide bonds. The number of allylic oxidation sites excluding steroid dienone is 1. The Morgan fingerprint density at radius 3 is 2.55 bits per heavy atom. The molecule has 210 valence electrons. The van der Waals surface area contributed by atoms with Crippen LogP contribution in [0.2, 0.25) is 0 Å². The molecule has 6 rings (SSSR count). The van der Waals surface area contributed by atoms with Gasteiger partial charge in [0.05, 0.1) is 28.5 Å². The van der Waals surface area contributed by atoms with Crippen LogP contribution in [0.5, 0.6) is 5.75 Å². The Balaban J connectivity index is 1.36. The van der Waals surface area contributed by atoms with Gasteiger partial charge in [0.15, 0.2) is 4.80 Å². The second-order valence-electron chi connectivity index (χ2n) is 10.2. The highest BCUT2D eigenvalue weighted by atomic mass is 32.1. The molecule has 1 aromatic heterocycles. The predicted molar refractivity (Wildman–Crippen MR) is 166 cm³/mol. The van der Waals surface area contributed by atoms with Crippen molar-refractivity contribution in [2.45, 2.75) is 33.4 Å². The summed E-state index contributed by atoms with van der Waals surface area (Å²) in [6, 6.07) is 29.4. The van der Waals surface area contributed by atoms with Crippen LogP contribution in [-0.4, -0.2) is 17.1 Å². The maximum absolute atomic E-state index is 13.9. The van der Waals surface area contributed by atoms with Crippen molar-refractivity contribution in [1.29, 1.82) is 0 Å². The second-order valence-corrected chi connectivity index (χ2v) is 11.2. The van der Waals surface area contributed by atoms with Crippen molar-refractivity contribution in [3.8, 4) is 5.75 Å². The van der Waals surface area contributed by atoms with E-state index in [-0.39, 0.29) is 12.2 Å². The molecule has 1 aliphatic rings. The first-order valence-corrected chi connectivity index (χ1v) is 14.7. The minimum atomic E-state index is -0.626. The van der Waals surface area contributed by atoms with E-state index in [9.17, 15) is 9.59 Å². The van der Waals surface area contributed by atoms with Gasteiger partial charge in [0.1, 0.15) is 12.4 Å². The van der Waals surface area contributed by atoms with E-state index in [1.807, 2.05) is 79.7 Å². The summed E-state index contributed by atoms with van der Waals surface area (Å²) < 4.78 is 13.7. The Morgan fingerprint density at radius 1 is 0.976 bits per heavy atom. The number of esters is 1. The van der Waals surface area contributed by atoms with Crippen LogP contribution in [0, 0.1) is 6.92 Å². The number of carbonyl (C=O) groups is 1. The molecule has 4 aromatic carbocycles. The fourth-order valence-corrected chi connectivity index (χ4v) is 6.33. The van der Waals surface area contributed by atoms with Crippen LogP contribution >= 0.6 is 11.3 Å². The summed E-state index contributed by atoms with van der Waals surface area (Å²) >= 11 is 1.31. The van der Waals surface area contributed by atoms with Gasteiger partial charge >= 0.3 is 5.97 Å². The van der Waals surface area contributed by atoms with E-state index in [0.29, 0.717) is 33.0 Å². The summed E-state index contributed by atoms with van der Waals surface area (Å²) in [4.78, 5) is 32.2. The van der Waals surface area contributed by atoms with Crippen molar-refractivity contribution < 1.29 is 14.3 Å². The standard InChI is InChI=1S/C35H30N2O4S/c1-4-40-34(39)31-23(3)36-35-37(32(31)26-17-15-22(2)16-18-26)33(38)30(42-35)20-24-9-7-13-28(19-24)41-21-27-12-8-11-25-10-5-6-14-29(25)27/h5-20,32H,4,21H2,1-3H3/b30-20-. The highest BCUT2D eigenvalue weighted by Crippen LogP contribution is 2.31. The summed E-state index contributed by atoms with van der Waals surface area (Å²) in [6.07, 6.45) is 1.85. The number of hydrogen-bond donors (Lipinski definition) is 0. The Kier molecular flexibility index (Phi) is 7.59. The van der Waals surface area contributed by atoms with Gasteiger partial charge in [-0.25, -0.2) is 9.79 Å². The quantitative estimate of drug-likeness (QED) is 0.229. The average Bonchev–Trinajstić information content (AvgIpc) is 3.29. The maximum atomic E-state index is 13.9. The van der Waals surface area contributed by atoms with Gasteiger partial charge in [-0.2, -0.15) is 0 Å². The molecule has 6 nitrogen and oxygen atoms in total. The number of rotatable bonds is 7. The second kappa shape index (κ2) is 11.6. The first-order chi connectivity index (χ1) is 20.4. The van der Waals surface area contributed by atoms with Gasteiger partial charge in [-0.3, -0.25) is 9.36 Å². The molecule has 0 aliphatic carbocycles. The van der Waals surface area contributed by atoms with Crippen molar-refractivity contribution in [3.63, 3.8) is 0 Å². The molecule has 0 saturated carbocycles. The van der Waals surface area contributed by atoms with Gasteiger partial charge < -0.3 is 9.47 Å². The number of benzene rings is 4. The molecule has 5 aromatic rings. The maximum Gasteiger partial charge on any atom is 0.338 e. The lowest BCUT2D eigenvalue weighted by Crippen LogP contribution is -2.39. The van der Waals surface area contributed by atoms with Crippen LogP contribution in [0.15, 0.2) is 112 Å². The van der Waals surface area contributed by atoms with E-state index >= 15 is 0 Å². The molecular weight excluding hydrogens is 544 g/mol. The lowest BCUT2D eigenvalue weighted by atomic mass is 9.95. The third kappa shape index (κ3) is 5.31. The van der Waals surface area contributed by atoms with E-state index in [1.54, 1.807) is 18.4 Å². The Labute approximate surface area is 247 Å². The van der Waals surface area contributed by atoms with Crippen LogP contribution < -0.4 is 19.6 Å². The summed E-state index contributed by atoms with van der Waals surface area (Å²) in [5.41, 5.74) is 4.58. The summed E-state index contributed by atoms with van der Waals surface area (Å²) in [5, 5.41) is 2.34. The van der Waals surface area contributed by atoms with Crippen LogP contribution in [0.1, 0.15) is 42.1 Å². The van der Waals surface area contributed by atoms with Crippen LogP contribution in [0.3, 0.4) is 0 Å². The SMILES string of the molecule is CCOC(=O)C1=C(C)N=c2s/c(=C\c3cccc(OCc4cccc5ccccc45)c3)c(=O)n2C1c1ccc(C)cc1. The molecule has 0 fully saturated rings. The van der Waals surface area contributed by atoms with Gasteiger partial charge in [0, 0.05) is 0 Å². The van der Waals surface area contributed by atoms with E-state index in [1.165, 1.54) is 16.7 Å². The predicted octanol–water partition coefficient (Wildman–Crippen LogP) is 5.84. The van der Waals surface area contributed by atoms with Gasteiger partial charge in [0.25, 0.3) is 5.56 Å². The third-order valence-corrected chi connectivity index (χ3v) is 8.32. The van der Waals surface area contributed by atoms with Crippen molar-refractivity contribution in [3.05, 3.63) is 144 Å². The zero-order valence-corrected chi connectivity index (χ0v) is 24.5. The molecule has 1 atom stereocenters. The normalized spacial score (nSPS) is 14.9. The van der Waals surface area contributed by atoms with Gasteiger partial charge in [-0.15, -0.1) is 0 Å². The summed E-state index contributed by atoms with van der Waals surface area (Å²) in [7, 11) is 0. The largest absolute Gasteiger partial charge is 0.489 e. The number of fused-ring (bicyclic) bond motifs is 2. The Hall–Kier alpha value is -4.75. The van der Waals surface area contributed by atoms with Gasteiger partial charge in [-0.05, 0) is 66.4 Å². The van der Waals surface area contributed by atoms with E-state index < -0.39 is 12.0 Å². The Morgan fingerprint density at radius 2 is 1.74 bits per heavy atom. The average molecular weight is 575 g/mol. The monoisotopic (exact) mass is 574 g/mol. The smallest absolute Gasteiger partial charge is 0.338 e. The molecular formula is C35H30N2O4S. The minimum Gasteiger partial charge on any atom is -0.489 e. The number of aromatic nitrogens is 1.